The van der Waals surface area contributed by atoms with Gasteiger partial charge in [0.25, 0.3) is 12.3 Å². The lowest BCUT2D eigenvalue weighted by atomic mass is 10.1. The third-order valence-corrected chi connectivity index (χ3v) is 3.40. The van der Waals surface area contributed by atoms with E-state index >= 15 is 0 Å². The van der Waals surface area contributed by atoms with Gasteiger partial charge in [0, 0.05) is 17.2 Å². The van der Waals surface area contributed by atoms with Crippen molar-refractivity contribution in [3.05, 3.63) is 33.8 Å². The van der Waals surface area contributed by atoms with Crippen molar-refractivity contribution in [1.29, 1.82) is 0 Å². The van der Waals surface area contributed by atoms with Crippen molar-refractivity contribution in [2.75, 3.05) is 0 Å². The molecule has 1 aliphatic rings. The van der Waals surface area contributed by atoms with Crippen molar-refractivity contribution < 1.29 is 18.7 Å². The number of carbonyl (C=O) groups excluding carboxylic acids is 1. The first kappa shape index (κ1) is 15.2. The van der Waals surface area contributed by atoms with Crippen molar-refractivity contribution in [3.8, 4) is 0 Å². The summed E-state index contributed by atoms with van der Waals surface area (Å²) >= 11 is 11.6. The first-order valence-corrected chi connectivity index (χ1v) is 6.35. The van der Waals surface area contributed by atoms with Crippen molar-refractivity contribution in [1.82, 2.24) is 5.01 Å². The zero-order chi connectivity index (χ0) is 15.1. The molecular formula is C12H10Cl2F2N2O2. The highest BCUT2D eigenvalue weighted by Gasteiger charge is 2.51. The Morgan fingerprint density at radius 1 is 1.50 bits per heavy atom. The standard InChI is InChI=1S/C12H10Cl2F2N2O2/c1-6-5-12(20,11(15)16)18(17-6)10(19)8-3-2-7(13)4-9(8)14/h2-4,11,20H,5H2,1H3/t12-/m1/s1. The van der Waals surface area contributed by atoms with Gasteiger partial charge in [-0.1, -0.05) is 23.2 Å². The monoisotopic (exact) mass is 322 g/mol. The highest BCUT2D eigenvalue weighted by atomic mass is 35.5. The predicted octanol–water partition coefficient (Wildman–Crippen LogP) is 3.17. The summed E-state index contributed by atoms with van der Waals surface area (Å²) in [5, 5.41) is 14.3. The molecule has 20 heavy (non-hydrogen) atoms. The zero-order valence-electron chi connectivity index (χ0n) is 10.3. The lowest BCUT2D eigenvalue weighted by Crippen LogP contribution is -2.51. The van der Waals surface area contributed by atoms with E-state index in [2.05, 4.69) is 5.10 Å². The third-order valence-electron chi connectivity index (χ3n) is 2.86. The summed E-state index contributed by atoms with van der Waals surface area (Å²) in [6.07, 6.45) is -3.57. The number of amides is 1. The minimum Gasteiger partial charge on any atom is -0.364 e. The summed E-state index contributed by atoms with van der Waals surface area (Å²) in [5.74, 6) is -0.911. The average Bonchev–Trinajstić information content (AvgIpc) is 2.65. The van der Waals surface area contributed by atoms with Crippen LogP contribution in [0.4, 0.5) is 8.78 Å². The Kier molecular flexibility index (Phi) is 4.00. The molecule has 1 heterocycles. The first-order chi connectivity index (χ1) is 9.25. The normalized spacial score (nSPS) is 22.4. The molecule has 0 bridgehead atoms. The molecule has 1 aromatic rings. The highest BCUT2D eigenvalue weighted by molar-refractivity contribution is 6.36. The van der Waals surface area contributed by atoms with Gasteiger partial charge in [-0.15, -0.1) is 0 Å². The van der Waals surface area contributed by atoms with Crippen LogP contribution < -0.4 is 0 Å². The van der Waals surface area contributed by atoms with Crippen LogP contribution >= 0.6 is 23.2 Å². The lowest BCUT2D eigenvalue weighted by molar-refractivity contribution is -0.164. The van der Waals surface area contributed by atoms with E-state index in [-0.39, 0.29) is 16.3 Å². The van der Waals surface area contributed by atoms with Crippen LogP contribution in [0.3, 0.4) is 0 Å². The van der Waals surface area contributed by atoms with Gasteiger partial charge in [0.05, 0.1) is 10.6 Å². The third kappa shape index (κ3) is 2.51. The van der Waals surface area contributed by atoms with Gasteiger partial charge >= 0.3 is 0 Å². The maximum absolute atomic E-state index is 13.0. The minimum atomic E-state index is -3.15. The van der Waals surface area contributed by atoms with E-state index in [1.807, 2.05) is 0 Å². The van der Waals surface area contributed by atoms with Gasteiger partial charge in [-0.25, -0.2) is 8.78 Å². The summed E-state index contributed by atoms with van der Waals surface area (Å²) in [6.45, 7) is 1.45. The summed E-state index contributed by atoms with van der Waals surface area (Å²) in [5.41, 5.74) is -2.48. The Balaban J connectivity index is 2.41. The molecule has 4 nitrogen and oxygen atoms in total. The molecule has 1 N–H and O–H groups in total. The van der Waals surface area contributed by atoms with E-state index in [0.717, 1.165) is 0 Å². The second-order valence-electron chi connectivity index (χ2n) is 4.43. The van der Waals surface area contributed by atoms with E-state index in [1.54, 1.807) is 0 Å². The molecule has 0 unspecified atom stereocenters. The van der Waals surface area contributed by atoms with Gasteiger partial charge in [-0.3, -0.25) is 4.79 Å². The smallest absolute Gasteiger partial charge is 0.287 e. The molecule has 0 saturated heterocycles. The summed E-state index contributed by atoms with van der Waals surface area (Å²) in [4.78, 5) is 12.2. The lowest BCUT2D eigenvalue weighted by Gasteiger charge is -2.30. The zero-order valence-corrected chi connectivity index (χ0v) is 11.8. The number of rotatable bonds is 2. The van der Waals surface area contributed by atoms with E-state index in [9.17, 15) is 18.7 Å². The molecule has 0 radical (unpaired) electrons. The second kappa shape index (κ2) is 5.27. The SMILES string of the molecule is CC1=NN(C(=O)c2ccc(Cl)cc2Cl)[C@](O)(C(F)F)C1. The van der Waals surface area contributed by atoms with Crippen molar-refractivity contribution in [3.63, 3.8) is 0 Å². The molecule has 8 heteroatoms. The Bertz CT molecular complexity index is 595. The van der Waals surface area contributed by atoms with Crippen molar-refractivity contribution in [2.24, 2.45) is 5.10 Å². The highest BCUT2D eigenvalue weighted by Crippen LogP contribution is 2.34. The van der Waals surface area contributed by atoms with Gasteiger partial charge in [0.1, 0.15) is 0 Å². The number of aliphatic hydroxyl groups is 1. The van der Waals surface area contributed by atoms with Gasteiger partial charge in [-0.05, 0) is 25.1 Å². The van der Waals surface area contributed by atoms with Crippen LogP contribution in [0.2, 0.25) is 10.0 Å². The number of hydrogen-bond acceptors (Lipinski definition) is 3. The molecule has 0 aliphatic carbocycles. The predicted molar refractivity (Wildman–Crippen MR) is 71.3 cm³/mol. The summed E-state index contributed by atoms with van der Waals surface area (Å²) in [6, 6.07) is 4.00. The average molecular weight is 323 g/mol. The van der Waals surface area contributed by atoms with Gasteiger partial charge in [0.2, 0.25) is 5.72 Å². The Labute approximate surface area is 123 Å². The molecule has 0 fully saturated rings. The van der Waals surface area contributed by atoms with Gasteiger partial charge in [0.15, 0.2) is 0 Å². The fraction of sp³-hybridized carbons (Fsp3) is 0.333. The van der Waals surface area contributed by atoms with Gasteiger partial charge < -0.3 is 5.11 Å². The summed E-state index contributed by atoms with van der Waals surface area (Å²) in [7, 11) is 0. The van der Waals surface area contributed by atoms with Crippen LogP contribution in [0, 0.1) is 0 Å². The quantitative estimate of drug-likeness (QED) is 0.909. The number of halogens is 4. The number of carbonyl (C=O) groups is 1. The number of alkyl halides is 2. The molecular weight excluding hydrogens is 313 g/mol. The minimum absolute atomic E-state index is 0.00105. The maximum atomic E-state index is 13.0. The van der Waals surface area contributed by atoms with E-state index < -0.39 is 24.5 Å². The largest absolute Gasteiger partial charge is 0.364 e. The van der Waals surface area contributed by atoms with Crippen molar-refractivity contribution >= 4 is 34.8 Å². The maximum Gasteiger partial charge on any atom is 0.287 e. The molecule has 1 amide bonds. The molecule has 0 saturated carbocycles. The van der Waals surface area contributed by atoms with Gasteiger partial charge in [-0.2, -0.15) is 10.1 Å². The fourth-order valence-electron chi connectivity index (χ4n) is 1.91. The number of nitrogens with zero attached hydrogens (tertiary/aromatic N) is 2. The van der Waals surface area contributed by atoms with Crippen LogP contribution in [-0.4, -0.2) is 33.9 Å². The van der Waals surface area contributed by atoms with E-state index in [1.165, 1.54) is 25.1 Å². The molecule has 1 atom stereocenters. The van der Waals surface area contributed by atoms with Crippen LogP contribution in [0.15, 0.2) is 23.3 Å². The Hall–Kier alpha value is -1.24. The van der Waals surface area contributed by atoms with E-state index in [4.69, 9.17) is 23.2 Å². The summed E-state index contributed by atoms with van der Waals surface area (Å²) < 4.78 is 26.0. The van der Waals surface area contributed by atoms with Crippen LogP contribution in [0.25, 0.3) is 0 Å². The Morgan fingerprint density at radius 2 is 2.15 bits per heavy atom. The topological polar surface area (TPSA) is 52.9 Å². The molecule has 0 spiro atoms. The molecule has 1 aliphatic heterocycles. The number of hydrazone groups is 1. The molecule has 108 valence electrons. The van der Waals surface area contributed by atoms with Crippen molar-refractivity contribution in [2.45, 2.75) is 25.5 Å². The van der Waals surface area contributed by atoms with Crippen LogP contribution in [0.1, 0.15) is 23.7 Å². The first-order valence-electron chi connectivity index (χ1n) is 5.60. The van der Waals surface area contributed by atoms with Crippen LogP contribution in [0.5, 0.6) is 0 Å². The number of hydrogen-bond donors (Lipinski definition) is 1. The van der Waals surface area contributed by atoms with Crippen LogP contribution in [-0.2, 0) is 0 Å². The molecule has 1 aromatic carbocycles. The number of benzene rings is 1. The second-order valence-corrected chi connectivity index (χ2v) is 5.28. The Morgan fingerprint density at radius 3 is 2.70 bits per heavy atom. The van der Waals surface area contributed by atoms with E-state index in [0.29, 0.717) is 10.0 Å². The molecule has 0 aromatic heterocycles. The molecule has 2 rings (SSSR count). The fourth-order valence-corrected chi connectivity index (χ4v) is 2.40.